The lowest BCUT2D eigenvalue weighted by Gasteiger charge is -2.26. The van der Waals surface area contributed by atoms with Crippen LogP contribution in [0.25, 0.3) is 0 Å². The Morgan fingerprint density at radius 2 is 2.00 bits per heavy atom. The molecule has 4 nitrogen and oxygen atoms in total. The van der Waals surface area contributed by atoms with Gasteiger partial charge in [0.15, 0.2) is 0 Å². The number of hydrogen-bond acceptors (Lipinski definition) is 3. The number of sulfonamides is 1. The molecule has 1 aliphatic rings. The van der Waals surface area contributed by atoms with Gasteiger partial charge < -0.3 is 4.74 Å². The molecule has 1 atom stereocenters. The number of aryl methyl sites for hydroxylation is 1. The Bertz CT molecular complexity index is 820. The van der Waals surface area contributed by atoms with Gasteiger partial charge in [0.05, 0.1) is 15.6 Å². The minimum atomic E-state index is -3.56. The van der Waals surface area contributed by atoms with E-state index < -0.39 is 10.0 Å². The van der Waals surface area contributed by atoms with Crippen molar-refractivity contribution in [2.24, 2.45) is 0 Å². The Labute approximate surface area is 150 Å². The number of halogens is 1. The van der Waals surface area contributed by atoms with Crippen LogP contribution in [0.2, 0.25) is 0 Å². The Hall–Kier alpha value is -1.12. The number of ether oxygens (including phenoxy) is 1. The summed E-state index contributed by atoms with van der Waals surface area (Å²) in [6.45, 7) is 0. The predicted molar refractivity (Wildman–Crippen MR) is 98.2 cm³/mol. The standard InChI is InChI=1S/C17H18INO3S/c1-22-17-10-9-13(11-15(17)18)23(20,21)19-16-8-4-6-12-5-2-3-7-14(12)16/h2-3,5,7,9-11,16,19H,4,6,8H2,1H3/t16-/m0/s1. The summed E-state index contributed by atoms with van der Waals surface area (Å²) >= 11 is 2.08. The van der Waals surface area contributed by atoms with Crippen molar-refractivity contribution >= 4 is 32.6 Å². The number of methoxy groups -OCH3 is 1. The van der Waals surface area contributed by atoms with Crippen LogP contribution >= 0.6 is 22.6 Å². The monoisotopic (exact) mass is 443 g/mol. The van der Waals surface area contributed by atoms with Gasteiger partial charge in [0.2, 0.25) is 10.0 Å². The lowest BCUT2D eigenvalue weighted by molar-refractivity contribution is 0.411. The van der Waals surface area contributed by atoms with Crippen LogP contribution in [0.5, 0.6) is 5.75 Å². The molecular weight excluding hydrogens is 425 g/mol. The molecule has 122 valence electrons. The zero-order valence-electron chi connectivity index (χ0n) is 12.8. The lowest BCUT2D eigenvalue weighted by Crippen LogP contribution is -2.31. The average Bonchev–Trinajstić information content (AvgIpc) is 2.55. The Morgan fingerprint density at radius 1 is 1.22 bits per heavy atom. The van der Waals surface area contributed by atoms with E-state index in [-0.39, 0.29) is 10.9 Å². The highest BCUT2D eigenvalue weighted by molar-refractivity contribution is 14.1. The Morgan fingerprint density at radius 3 is 2.74 bits per heavy atom. The first-order valence-corrected chi connectivity index (χ1v) is 10.0. The van der Waals surface area contributed by atoms with Gasteiger partial charge >= 0.3 is 0 Å². The number of fused-ring (bicyclic) bond motifs is 1. The molecule has 23 heavy (non-hydrogen) atoms. The average molecular weight is 443 g/mol. The summed E-state index contributed by atoms with van der Waals surface area (Å²) < 4.78 is 34.2. The molecule has 0 aliphatic heterocycles. The van der Waals surface area contributed by atoms with E-state index in [0.29, 0.717) is 5.75 Å². The van der Waals surface area contributed by atoms with Gasteiger partial charge in [0, 0.05) is 6.04 Å². The van der Waals surface area contributed by atoms with Crippen LogP contribution in [0.1, 0.15) is 30.0 Å². The summed E-state index contributed by atoms with van der Waals surface area (Å²) in [4.78, 5) is 0.269. The van der Waals surface area contributed by atoms with E-state index in [0.717, 1.165) is 28.4 Å². The first-order valence-electron chi connectivity index (χ1n) is 7.45. The lowest BCUT2D eigenvalue weighted by atomic mass is 9.88. The molecular formula is C17H18INO3S. The van der Waals surface area contributed by atoms with Crippen molar-refractivity contribution in [1.29, 1.82) is 0 Å². The molecule has 0 unspecified atom stereocenters. The van der Waals surface area contributed by atoms with Gasteiger partial charge in [-0.3, -0.25) is 0 Å². The van der Waals surface area contributed by atoms with Crippen LogP contribution in [-0.2, 0) is 16.4 Å². The first kappa shape index (κ1) is 16.7. The van der Waals surface area contributed by atoms with Crippen LogP contribution in [0.15, 0.2) is 47.4 Å². The van der Waals surface area contributed by atoms with Gasteiger partial charge in [0.25, 0.3) is 0 Å². The van der Waals surface area contributed by atoms with E-state index in [2.05, 4.69) is 33.4 Å². The minimum Gasteiger partial charge on any atom is -0.496 e. The van der Waals surface area contributed by atoms with Gasteiger partial charge in [-0.25, -0.2) is 13.1 Å². The zero-order valence-corrected chi connectivity index (χ0v) is 15.7. The van der Waals surface area contributed by atoms with Crippen LogP contribution in [0.3, 0.4) is 0 Å². The van der Waals surface area contributed by atoms with Crippen molar-refractivity contribution in [2.75, 3.05) is 7.11 Å². The molecule has 0 saturated carbocycles. The molecule has 0 amide bonds. The molecule has 0 bridgehead atoms. The second-order valence-corrected chi connectivity index (χ2v) is 8.44. The van der Waals surface area contributed by atoms with Crippen LogP contribution in [0, 0.1) is 3.57 Å². The smallest absolute Gasteiger partial charge is 0.241 e. The van der Waals surface area contributed by atoms with E-state index in [1.165, 1.54) is 5.56 Å². The Kier molecular flexibility index (Phi) is 4.93. The van der Waals surface area contributed by atoms with E-state index >= 15 is 0 Å². The number of nitrogens with one attached hydrogen (secondary N) is 1. The van der Waals surface area contributed by atoms with E-state index in [1.807, 2.05) is 18.2 Å². The van der Waals surface area contributed by atoms with Gasteiger partial charge in [-0.05, 0) is 71.2 Å². The maximum Gasteiger partial charge on any atom is 0.241 e. The molecule has 1 aliphatic carbocycles. The molecule has 3 rings (SSSR count). The minimum absolute atomic E-state index is 0.162. The summed E-state index contributed by atoms with van der Waals surface area (Å²) in [5.74, 6) is 0.674. The van der Waals surface area contributed by atoms with Crippen molar-refractivity contribution in [3.05, 3.63) is 57.2 Å². The molecule has 0 fully saturated rings. The van der Waals surface area contributed by atoms with Crippen molar-refractivity contribution in [3.63, 3.8) is 0 Å². The van der Waals surface area contributed by atoms with Crippen LogP contribution < -0.4 is 9.46 Å². The van der Waals surface area contributed by atoms with Crippen molar-refractivity contribution in [3.8, 4) is 5.75 Å². The summed E-state index contributed by atoms with van der Waals surface area (Å²) in [5.41, 5.74) is 2.32. The van der Waals surface area contributed by atoms with Crippen molar-refractivity contribution in [2.45, 2.75) is 30.2 Å². The maximum absolute atomic E-state index is 12.7. The van der Waals surface area contributed by atoms with E-state index in [4.69, 9.17) is 4.74 Å². The second kappa shape index (κ2) is 6.78. The van der Waals surface area contributed by atoms with Crippen LogP contribution in [-0.4, -0.2) is 15.5 Å². The summed E-state index contributed by atoms with van der Waals surface area (Å²) in [7, 11) is -1.99. The molecule has 0 heterocycles. The van der Waals surface area contributed by atoms with E-state index in [9.17, 15) is 8.42 Å². The summed E-state index contributed by atoms with van der Waals surface area (Å²) in [5, 5.41) is 0. The fourth-order valence-electron chi connectivity index (χ4n) is 2.95. The Balaban J connectivity index is 1.89. The highest BCUT2D eigenvalue weighted by Gasteiger charge is 2.25. The third-order valence-electron chi connectivity index (χ3n) is 4.10. The molecule has 2 aromatic carbocycles. The zero-order chi connectivity index (χ0) is 16.4. The molecule has 0 aromatic heterocycles. The quantitative estimate of drug-likeness (QED) is 0.735. The summed E-state index contributed by atoms with van der Waals surface area (Å²) in [6.07, 6.45) is 2.82. The molecule has 6 heteroatoms. The second-order valence-electron chi connectivity index (χ2n) is 5.56. The first-order chi connectivity index (χ1) is 11.0. The fraction of sp³-hybridized carbons (Fsp3) is 0.294. The third-order valence-corrected chi connectivity index (χ3v) is 6.41. The SMILES string of the molecule is COc1ccc(S(=O)(=O)N[C@H]2CCCc3ccccc32)cc1I. The summed E-state index contributed by atoms with van der Waals surface area (Å²) in [6, 6.07) is 12.8. The highest BCUT2D eigenvalue weighted by Crippen LogP contribution is 2.31. The topological polar surface area (TPSA) is 55.4 Å². The van der Waals surface area contributed by atoms with E-state index in [1.54, 1.807) is 25.3 Å². The molecule has 0 radical (unpaired) electrons. The molecule has 0 saturated heterocycles. The molecule has 1 N–H and O–H groups in total. The molecule has 0 spiro atoms. The fourth-order valence-corrected chi connectivity index (χ4v) is 5.17. The van der Waals surface area contributed by atoms with Crippen molar-refractivity contribution < 1.29 is 13.2 Å². The third kappa shape index (κ3) is 3.54. The van der Waals surface area contributed by atoms with Gasteiger partial charge in [-0.1, -0.05) is 24.3 Å². The highest BCUT2D eigenvalue weighted by atomic mass is 127. The maximum atomic E-state index is 12.7. The predicted octanol–water partition coefficient (Wildman–Crippen LogP) is 3.66. The normalized spacial score (nSPS) is 17.6. The largest absolute Gasteiger partial charge is 0.496 e. The number of hydrogen-bond donors (Lipinski definition) is 1. The van der Waals surface area contributed by atoms with Gasteiger partial charge in [-0.2, -0.15) is 0 Å². The number of rotatable bonds is 4. The van der Waals surface area contributed by atoms with Crippen LogP contribution in [0.4, 0.5) is 0 Å². The number of benzene rings is 2. The van der Waals surface area contributed by atoms with Gasteiger partial charge in [-0.15, -0.1) is 0 Å². The molecule has 2 aromatic rings. The van der Waals surface area contributed by atoms with Gasteiger partial charge in [0.1, 0.15) is 5.75 Å². The van der Waals surface area contributed by atoms with Crippen molar-refractivity contribution in [1.82, 2.24) is 4.72 Å².